The number of hydrogen-bond donors (Lipinski definition) is 0. The molecule has 0 radical (unpaired) electrons. The Bertz CT molecular complexity index is 1220. The van der Waals surface area contributed by atoms with Gasteiger partial charge in [0.25, 0.3) is 0 Å². The van der Waals surface area contributed by atoms with Crippen molar-refractivity contribution in [1.29, 1.82) is 0 Å². The minimum absolute atomic E-state index is 0.0985. The summed E-state index contributed by atoms with van der Waals surface area (Å²) >= 11 is 0. The zero-order chi connectivity index (χ0) is 25.0. The molecule has 4 nitrogen and oxygen atoms in total. The SMILES string of the molecule is COC(=O)CCc1cccc(OCc2ccc(-c3cc(OC)ccc3F)c(CC3(C)CC3)c2)c1F. The van der Waals surface area contributed by atoms with Gasteiger partial charge in [0.1, 0.15) is 18.2 Å². The summed E-state index contributed by atoms with van der Waals surface area (Å²) in [6.45, 7) is 2.40. The molecule has 1 aliphatic carbocycles. The van der Waals surface area contributed by atoms with Crippen molar-refractivity contribution in [2.45, 2.75) is 45.6 Å². The summed E-state index contributed by atoms with van der Waals surface area (Å²) in [6, 6.07) is 15.5. The van der Waals surface area contributed by atoms with Crippen LogP contribution in [0.3, 0.4) is 0 Å². The highest BCUT2D eigenvalue weighted by molar-refractivity contribution is 5.70. The van der Waals surface area contributed by atoms with Crippen molar-refractivity contribution in [2.75, 3.05) is 14.2 Å². The van der Waals surface area contributed by atoms with Gasteiger partial charge in [-0.05, 0) is 77.6 Å². The van der Waals surface area contributed by atoms with Crippen molar-refractivity contribution in [3.63, 3.8) is 0 Å². The normalized spacial score (nSPS) is 13.9. The van der Waals surface area contributed by atoms with E-state index in [2.05, 4.69) is 11.7 Å². The summed E-state index contributed by atoms with van der Waals surface area (Å²) in [4.78, 5) is 11.4. The van der Waals surface area contributed by atoms with Gasteiger partial charge >= 0.3 is 5.97 Å². The van der Waals surface area contributed by atoms with Gasteiger partial charge in [-0.15, -0.1) is 0 Å². The van der Waals surface area contributed by atoms with E-state index in [-0.39, 0.29) is 42.4 Å². The fourth-order valence-corrected chi connectivity index (χ4v) is 4.19. The van der Waals surface area contributed by atoms with Crippen LogP contribution in [-0.4, -0.2) is 20.2 Å². The molecule has 3 aromatic carbocycles. The summed E-state index contributed by atoms with van der Waals surface area (Å²) in [6.07, 6.45) is 3.43. The van der Waals surface area contributed by atoms with E-state index in [1.54, 1.807) is 37.4 Å². The van der Waals surface area contributed by atoms with E-state index >= 15 is 0 Å². The molecule has 4 rings (SSSR count). The Morgan fingerprint density at radius 1 is 0.971 bits per heavy atom. The molecular formula is C29H30F2O4. The van der Waals surface area contributed by atoms with E-state index in [4.69, 9.17) is 9.47 Å². The molecule has 1 saturated carbocycles. The first-order valence-electron chi connectivity index (χ1n) is 11.7. The average Bonchev–Trinajstić information content (AvgIpc) is 3.59. The molecule has 0 bridgehead atoms. The summed E-state index contributed by atoms with van der Waals surface area (Å²) in [7, 11) is 2.87. The van der Waals surface area contributed by atoms with Crippen LogP contribution in [0.4, 0.5) is 8.78 Å². The third-order valence-corrected chi connectivity index (χ3v) is 6.62. The van der Waals surface area contributed by atoms with Crippen LogP contribution in [0.25, 0.3) is 11.1 Å². The van der Waals surface area contributed by atoms with Gasteiger partial charge in [0.15, 0.2) is 11.6 Å². The zero-order valence-corrected chi connectivity index (χ0v) is 20.3. The van der Waals surface area contributed by atoms with Crippen LogP contribution in [-0.2, 0) is 29.0 Å². The molecule has 1 fully saturated rings. The molecule has 0 heterocycles. The minimum Gasteiger partial charge on any atom is -0.497 e. The predicted octanol–water partition coefficient (Wildman–Crippen LogP) is 6.67. The fraction of sp³-hybridized carbons (Fsp3) is 0.345. The molecule has 35 heavy (non-hydrogen) atoms. The van der Waals surface area contributed by atoms with E-state index in [0.29, 0.717) is 16.9 Å². The number of halogens is 2. The van der Waals surface area contributed by atoms with Crippen LogP contribution >= 0.6 is 0 Å². The van der Waals surface area contributed by atoms with Crippen molar-refractivity contribution in [2.24, 2.45) is 5.41 Å². The number of rotatable bonds is 10. The van der Waals surface area contributed by atoms with Gasteiger partial charge in [-0.2, -0.15) is 0 Å². The first-order valence-corrected chi connectivity index (χ1v) is 11.7. The zero-order valence-electron chi connectivity index (χ0n) is 20.3. The van der Waals surface area contributed by atoms with Gasteiger partial charge in [-0.25, -0.2) is 8.78 Å². The maximum Gasteiger partial charge on any atom is 0.305 e. The van der Waals surface area contributed by atoms with Gasteiger partial charge in [0.05, 0.1) is 14.2 Å². The Kier molecular flexibility index (Phi) is 7.39. The Labute approximate surface area is 204 Å². The van der Waals surface area contributed by atoms with Crippen molar-refractivity contribution in [1.82, 2.24) is 0 Å². The third-order valence-electron chi connectivity index (χ3n) is 6.62. The number of benzene rings is 3. The van der Waals surface area contributed by atoms with Gasteiger partial charge < -0.3 is 14.2 Å². The molecule has 6 heteroatoms. The second-order valence-electron chi connectivity index (χ2n) is 9.42. The van der Waals surface area contributed by atoms with Gasteiger partial charge in [0, 0.05) is 12.0 Å². The molecule has 0 saturated heterocycles. The quantitative estimate of drug-likeness (QED) is 0.304. The topological polar surface area (TPSA) is 44.8 Å². The first-order chi connectivity index (χ1) is 16.8. The van der Waals surface area contributed by atoms with Gasteiger partial charge in [-0.3, -0.25) is 4.79 Å². The smallest absolute Gasteiger partial charge is 0.305 e. The Hall–Kier alpha value is -3.41. The summed E-state index contributed by atoms with van der Waals surface area (Å²) in [5.41, 5.74) is 3.85. The summed E-state index contributed by atoms with van der Waals surface area (Å²) in [5.74, 6) is -0.439. The Balaban J connectivity index is 1.57. The highest BCUT2D eigenvalue weighted by Gasteiger charge is 2.37. The van der Waals surface area contributed by atoms with Crippen molar-refractivity contribution < 1.29 is 27.8 Å². The molecule has 0 unspecified atom stereocenters. The molecule has 0 aliphatic heterocycles. The van der Waals surface area contributed by atoms with E-state index in [1.165, 1.54) is 13.2 Å². The largest absolute Gasteiger partial charge is 0.497 e. The molecular weight excluding hydrogens is 450 g/mol. The van der Waals surface area contributed by atoms with E-state index in [0.717, 1.165) is 36.0 Å². The van der Waals surface area contributed by atoms with Crippen molar-refractivity contribution in [3.8, 4) is 22.6 Å². The molecule has 0 amide bonds. The standard InChI is InChI=1S/C29H30F2O4/c1-29(13-14-29)17-21-15-19(7-10-23(21)24-16-22(33-2)9-11-25(24)30)18-35-26-6-4-5-20(28(26)31)8-12-27(32)34-3/h4-7,9-11,15-16H,8,12-14,17-18H2,1-3H3. The van der Waals surface area contributed by atoms with Crippen LogP contribution in [0.5, 0.6) is 11.5 Å². The number of aryl methyl sites for hydroxylation is 1. The van der Waals surface area contributed by atoms with Crippen molar-refractivity contribution >= 4 is 5.97 Å². The number of hydrogen-bond acceptors (Lipinski definition) is 4. The molecule has 0 spiro atoms. The minimum atomic E-state index is -0.475. The predicted molar refractivity (Wildman–Crippen MR) is 131 cm³/mol. The lowest BCUT2D eigenvalue weighted by molar-refractivity contribution is -0.140. The molecule has 184 valence electrons. The molecule has 1 aliphatic rings. The average molecular weight is 481 g/mol. The number of ether oxygens (including phenoxy) is 3. The maximum absolute atomic E-state index is 14.9. The van der Waals surface area contributed by atoms with Crippen LogP contribution in [0.2, 0.25) is 0 Å². The number of carbonyl (C=O) groups excluding carboxylic acids is 1. The maximum atomic E-state index is 14.9. The highest BCUT2D eigenvalue weighted by Crippen LogP contribution is 2.49. The summed E-state index contributed by atoms with van der Waals surface area (Å²) in [5, 5.41) is 0. The van der Waals surface area contributed by atoms with Crippen LogP contribution in [0.15, 0.2) is 54.6 Å². The van der Waals surface area contributed by atoms with Gasteiger partial charge in [-0.1, -0.05) is 37.3 Å². The van der Waals surface area contributed by atoms with Crippen LogP contribution < -0.4 is 9.47 Å². The second-order valence-corrected chi connectivity index (χ2v) is 9.42. The number of carbonyl (C=O) groups is 1. The fourth-order valence-electron chi connectivity index (χ4n) is 4.19. The monoisotopic (exact) mass is 480 g/mol. The molecule has 0 atom stereocenters. The Morgan fingerprint density at radius 3 is 2.49 bits per heavy atom. The lowest BCUT2D eigenvalue weighted by Gasteiger charge is -2.17. The first kappa shape index (κ1) is 24.7. The van der Waals surface area contributed by atoms with Crippen LogP contribution in [0, 0.1) is 17.0 Å². The summed E-state index contributed by atoms with van der Waals surface area (Å²) < 4.78 is 45.4. The second kappa shape index (κ2) is 10.5. The Morgan fingerprint density at radius 2 is 1.77 bits per heavy atom. The lowest BCUT2D eigenvalue weighted by Crippen LogP contribution is -2.06. The van der Waals surface area contributed by atoms with E-state index < -0.39 is 5.82 Å². The molecule has 0 N–H and O–H groups in total. The van der Waals surface area contributed by atoms with Crippen molar-refractivity contribution in [3.05, 3.63) is 82.9 Å². The van der Waals surface area contributed by atoms with Crippen LogP contribution in [0.1, 0.15) is 42.9 Å². The van der Waals surface area contributed by atoms with Gasteiger partial charge in [0.2, 0.25) is 0 Å². The lowest BCUT2D eigenvalue weighted by atomic mass is 9.90. The van der Waals surface area contributed by atoms with E-state index in [9.17, 15) is 13.6 Å². The number of esters is 1. The molecule has 0 aromatic heterocycles. The third kappa shape index (κ3) is 5.99. The highest BCUT2D eigenvalue weighted by atomic mass is 19.1. The number of methoxy groups -OCH3 is 2. The van der Waals surface area contributed by atoms with E-state index in [1.807, 2.05) is 18.2 Å². The molecule has 3 aromatic rings.